The summed E-state index contributed by atoms with van der Waals surface area (Å²) in [5.41, 5.74) is 2.55. The summed E-state index contributed by atoms with van der Waals surface area (Å²) < 4.78 is 10.6. The van der Waals surface area contributed by atoms with Gasteiger partial charge in [-0.05, 0) is 47.5 Å². The first-order chi connectivity index (χ1) is 13.5. The Morgan fingerprint density at radius 2 is 1.89 bits per heavy atom. The van der Waals surface area contributed by atoms with Gasteiger partial charge in [0.15, 0.2) is 11.5 Å². The van der Waals surface area contributed by atoms with Crippen molar-refractivity contribution in [1.29, 1.82) is 0 Å². The van der Waals surface area contributed by atoms with Gasteiger partial charge in [0.1, 0.15) is 0 Å². The number of carbonyl (C=O) groups is 2. The molecule has 0 radical (unpaired) electrons. The fourth-order valence-electron chi connectivity index (χ4n) is 2.95. The number of amides is 2. The summed E-state index contributed by atoms with van der Waals surface area (Å²) in [4.78, 5) is 26.7. The number of rotatable bonds is 4. The minimum atomic E-state index is -0.329. The van der Waals surface area contributed by atoms with E-state index in [4.69, 9.17) is 21.1 Å². The number of imide groups is 1. The molecule has 2 aromatic carbocycles. The van der Waals surface area contributed by atoms with Gasteiger partial charge in [0, 0.05) is 11.1 Å². The van der Waals surface area contributed by atoms with Crippen molar-refractivity contribution in [2.75, 3.05) is 6.79 Å². The molecule has 4 rings (SSSR count). The number of allylic oxidation sites excluding steroid dienone is 2. The van der Waals surface area contributed by atoms with Gasteiger partial charge >= 0.3 is 0 Å². The smallest absolute Gasteiger partial charge is 0.293 e. The van der Waals surface area contributed by atoms with E-state index in [0.29, 0.717) is 27.0 Å². The third-order valence-corrected chi connectivity index (χ3v) is 5.56. The maximum Gasteiger partial charge on any atom is 0.293 e. The summed E-state index contributed by atoms with van der Waals surface area (Å²) in [5.74, 6) is 0.789. The first-order valence-electron chi connectivity index (χ1n) is 8.58. The molecule has 0 saturated carbocycles. The second kappa shape index (κ2) is 7.73. The van der Waals surface area contributed by atoms with E-state index in [1.807, 2.05) is 43.3 Å². The lowest BCUT2D eigenvalue weighted by atomic mass is 10.1. The first-order valence-corrected chi connectivity index (χ1v) is 9.77. The molecule has 0 aliphatic carbocycles. The average molecular weight is 414 g/mol. The lowest BCUT2D eigenvalue weighted by Gasteiger charge is -2.14. The Morgan fingerprint density at radius 3 is 2.64 bits per heavy atom. The van der Waals surface area contributed by atoms with Crippen molar-refractivity contribution >= 4 is 40.6 Å². The minimum Gasteiger partial charge on any atom is -0.454 e. The minimum absolute atomic E-state index is 0.0823. The molecular formula is C21H16ClNO4S. The Kier molecular flexibility index (Phi) is 5.15. The van der Waals surface area contributed by atoms with Crippen LogP contribution in [0.1, 0.15) is 18.1 Å². The highest BCUT2D eigenvalue weighted by molar-refractivity contribution is 8.18. The fraction of sp³-hybridized carbons (Fsp3) is 0.143. The fourth-order valence-corrected chi connectivity index (χ4v) is 4.05. The van der Waals surface area contributed by atoms with E-state index < -0.39 is 0 Å². The lowest BCUT2D eigenvalue weighted by Crippen LogP contribution is -2.27. The molecule has 0 aromatic heterocycles. The molecule has 2 aliphatic rings. The van der Waals surface area contributed by atoms with Crippen LogP contribution in [-0.4, -0.2) is 22.8 Å². The summed E-state index contributed by atoms with van der Waals surface area (Å²) in [6.45, 7) is 2.11. The summed E-state index contributed by atoms with van der Waals surface area (Å²) in [6.07, 6.45) is 3.70. The number of hydrogen-bond donors (Lipinski definition) is 0. The Labute approximate surface area is 171 Å². The van der Waals surface area contributed by atoms with E-state index in [-0.39, 0.29) is 24.5 Å². The van der Waals surface area contributed by atoms with Gasteiger partial charge in [-0.2, -0.15) is 0 Å². The predicted octanol–water partition coefficient (Wildman–Crippen LogP) is 5.25. The molecule has 5 nitrogen and oxygen atoms in total. The number of hydrogen-bond acceptors (Lipinski definition) is 5. The summed E-state index contributed by atoms with van der Waals surface area (Å²) in [7, 11) is 0. The highest BCUT2D eigenvalue weighted by Gasteiger charge is 2.35. The molecule has 28 heavy (non-hydrogen) atoms. The van der Waals surface area contributed by atoms with Crippen LogP contribution >= 0.6 is 23.4 Å². The van der Waals surface area contributed by atoms with Crippen molar-refractivity contribution in [3.05, 3.63) is 75.2 Å². The number of halogens is 1. The van der Waals surface area contributed by atoms with Crippen LogP contribution in [0.5, 0.6) is 11.5 Å². The number of nitrogens with zero attached hydrogens (tertiary/aromatic N) is 1. The Morgan fingerprint density at radius 1 is 1.18 bits per heavy atom. The normalized spacial score (nSPS) is 17.7. The molecule has 1 saturated heterocycles. The quantitative estimate of drug-likeness (QED) is 0.640. The Bertz CT molecular complexity index is 1020. The molecule has 2 amide bonds. The van der Waals surface area contributed by atoms with Crippen molar-refractivity contribution in [3.63, 3.8) is 0 Å². The Hall–Kier alpha value is -2.70. The maximum atomic E-state index is 12.7. The Balaban J connectivity index is 1.54. The van der Waals surface area contributed by atoms with Gasteiger partial charge in [-0.15, -0.1) is 0 Å². The summed E-state index contributed by atoms with van der Waals surface area (Å²) in [6, 6.07) is 13.1. The van der Waals surface area contributed by atoms with Gasteiger partial charge in [0.2, 0.25) is 6.79 Å². The average Bonchev–Trinajstić information content (AvgIpc) is 3.22. The zero-order valence-electron chi connectivity index (χ0n) is 15.0. The van der Waals surface area contributed by atoms with Gasteiger partial charge in [0.05, 0.1) is 11.4 Å². The van der Waals surface area contributed by atoms with E-state index in [1.165, 1.54) is 4.90 Å². The van der Waals surface area contributed by atoms with Crippen molar-refractivity contribution in [2.45, 2.75) is 13.5 Å². The molecule has 142 valence electrons. The van der Waals surface area contributed by atoms with Crippen molar-refractivity contribution < 1.29 is 19.1 Å². The SMILES string of the molecule is CC(/C=C1\SC(=O)N(Cc2cc3c(cc2Cl)OCO3)C1=O)=C\c1ccccc1. The van der Waals surface area contributed by atoms with Crippen LogP contribution in [-0.2, 0) is 11.3 Å². The summed E-state index contributed by atoms with van der Waals surface area (Å²) >= 11 is 7.21. The van der Waals surface area contributed by atoms with Crippen LogP contribution in [0.3, 0.4) is 0 Å². The maximum absolute atomic E-state index is 12.7. The number of carbonyl (C=O) groups excluding carboxylic acids is 2. The molecule has 0 unspecified atom stereocenters. The molecule has 0 atom stereocenters. The van der Waals surface area contributed by atoms with Gasteiger partial charge < -0.3 is 9.47 Å². The van der Waals surface area contributed by atoms with Crippen LogP contribution in [0.4, 0.5) is 4.79 Å². The van der Waals surface area contributed by atoms with Gasteiger partial charge in [-0.25, -0.2) is 0 Å². The molecule has 7 heteroatoms. The monoisotopic (exact) mass is 413 g/mol. The summed E-state index contributed by atoms with van der Waals surface area (Å²) in [5, 5.41) is 0.102. The second-order valence-corrected chi connectivity index (χ2v) is 7.76. The third kappa shape index (κ3) is 3.79. The highest BCUT2D eigenvalue weighted by Crippen LogP contribution is 2.39. The van der Waals surface area contributed by atoms with Gasteiger partial charge in [0.25, 0.3) is 11.1 Å². The standard InChI is InChI=1S/C21H16ClNO4S/c1-13(7-14-5-3-2-4-6-14)8-19-20(24)23(21(25)28-19)11-15-9-17-18(10-16(15)22)27-12-26-17/h2-10H,11-12H2,1H3/b13-7+,19-8-. The van der Waals surface area contributed by atoms with E-state index in [1.54, 1.807) is 18.2 Å². The topological polar surface area (TPSA) is 55.8 Å². The molecule has 2 aromatic rings. The lowest BCUT2D eigenvalue weighted by molar-refractivity contribution is -0.123. The van der Waals surface area contributed by atoms with Crippen molar-refractivity contribution in [1.82, 2.24) is 4.90 Å². The largest absolute Gasteiger partial charge is 0.454 e. The second-order valence-electron chi connectivity index (χ2n) is 6.36. The molecule has 0 N–H and O–H groups in total. The molecule has 0 bridgehead atoms. The highest BCUT2D eigenvalue weighted by atomic mass is 35.5. The number of fused-ring (bicyclic) bond motifs is 1. The molecule has 0 spiro atoms. The van der Waals surface area contributed by atoms with E-state index in [2.05, 4.69) is 0 Å². The molecule has 2 aliphatic heterocycles. The van der Waals surface area contributed by atoms with E-state index in [0.717, 1.165) is 22.9 Å². The van der Waals surface area contributed by atoms with E-state index in [9.17, 15) is 9.59 Å². The third-order valence-electron chi connectivity index (χ3n) is 4.30. The van der Waals surface area contributed by atoms with Gasteiger partial charge in [-0.3, -0.25) is 14.5 Å². The number of thioether (sulfide) groups is 1. The molecule has 2 heterocycles. The number of benzene rings is 2. The molecular weight excluding hydrogens is 398 g/mol. The van der Waals surface area contributed by atoms with Crippen LogP contribution in [0, 0.1) is 0 Å². The molecule has 1 fully saturated rings. The van der Waals surface area contributed by atoms with Crippen LogP contribution < -0.4 is 9.47 Å². The van der Waals surface area contributed by atoms with Crippen LogP contribution in [0.2, 0.25) is 5.02 Å². The van der Waals surface area contributed by atoms with Gasteiger partial charge in [-0.1, -0.05) is 48.0 Å². The van der Waals surface area contributed by atoms with Crippen LogP contribution in [0.25, 0.3) is 6.08 Å². The van der Waals surface area contributed by atoms with Crippen LogP contribution in [0.15, 0.2) is 59.0 Å². The number of ether oxygens (including phenoxy) is 2. The zero-order valence-corrected chi connectivity index (χ0v) is 16.5. The predicted molar refractivity (Wildman–Crippen MR) is 109 cm³/mol. The zero-order chi connectivity index (χ0) is 19.7. The van der Waals surface area contributed by atoms with E-state index >= 15 is 0 Å². The van der Waals surface area contributed by atoms with Crippen molar-refractivity contribution in [2.24, 2.45) is 0 Å². The van der Waals surface area contributed by atoms with Crippen molar-refractivity contribution in [3.8, 4) is 11.5 Å². The first kappa shape index (κ1) is 18.7.